The van der Waals surface area contributed by atoms with E-state index in [1.807, 2.05) is 6.92 Å². The van der Waals surface area contributed by atoms with Gasteiger partial charge in [0.1, 0.15) is 12.7 Å². The molecule has 196 valence electrons. The van der Waals surface area contributed by atoms with Crippen LogP contribution in [0.3, 0.4) is 0 Å². The highest BCUT2D eigenvalue weighted by molar-refractivity contribution is 7.47. The van der Waals surface area contributed by atoms with Crippen molar-refractivity contribution in [3.05, 3.63) is 0 Å². The van der Waals surface area contributed by atoms with Crippen molar-refractivity contribution in [3.63, 3.8) is 0 Å². The van der Waals surface area contributed by atoms with Gasteiger partial charge in [-0.1, -0.05) is 65.2 Å². The van der Waals surface area contributed by atoms with Crippen LogP contribution in [0.4, 0.5) is 0 Å². The van der Waals surface area contributed by atoms with E-state index in [9.17, 15) is 24.2 Å². The van der Waals surface area contributed by atoms with Crippen LogP contribution in [0.25, 0.3) is 0 Å². The molecule has 0 saturated heterocycles. The molecule has 11 heteroatoms. The number of aliphatic hydroxyl groups is 2. The number of rotatable bonds is 22. The molecule has 0 aliphatic rings. The van der Waals surface area contributed by atoms with E-state index in [0.717, 1.165) is 32.1 Å². The second-order valence-electron chi connectivity index (χ2n) is 8.02. The van der Waals surface area contributed by atoms with E-state index in [1.54, 1.807) is 0 Å². The summed E-state index contributed by atoms with van der Waals surface area (Å²) in [7, 11) is -4.57. The summed E-state index contributed by atoms with van der Waals surface area (Å²) in [6.07, 6.45) is 7.82. The zero-order valence-electron chi connectivity index (χ0n) is 20.1. The van der Waals surface area contributed by atoms with Gasteiger partial charge in [0.15, 0.2) is 6.10 Å². The Labute approximate surface area is 197 Å². The first-order valence-corrected chi connectivity index (χ1v) is 13.5. The Kier molecular flexibility index (Phi) is 19.7. The minimum Gasteiger partial charge on any atom is -0.462 e. The van der Waals surface area contributed by atoms with Crippen LogP contribution in [-0.2, 0) is 32.7 Å². The maximum atomic E-state index is 12.2. The Morgan fingerprint density at radius 3 is 1.94 bits per heavy atom. The third kappa shape index (κ3) is 20.1. The summed E-state index contributed by atoms with van der Waals surface area (Å²) in [5, 5.41) is 18.0. The van der Waals surface area contributed by atoms with E-state index in [2.05, 4.69) is 11.4 Å². The van der Waals surface area contributed by atoms with Crippen molar-refractivity contribution in [2.75, 3.05) is 26.4 Å². The number of aliphatic hydroxyl groups excluding tert-OH is 2. The number of carbonyl (C=O) groups is 2. The molecule has 0 rings (SSSR count). The molecule has 0 fully saturated rings. The largest absolute Gasteiger partial charge is 0.472 e. The monoisotopic (exact) mass is 498 g/mol. The molecule has 10 nitrogen and oxygen atoms in total. The number of carbonyl (C=O) groups excluding carboxylic acids is 2. The second-order valence-corrected chi connectivity index (χ2v) is 9.47. The third-order valence-electron chi connectivity index (χ3n) is 4.76. The van der Waals surface area contributed by atoms with E-state index >= 15 is 0 Å². The van der Waals surface area contributed by atoms with Gasteiger partial charge in [-0.3, -0.25) is 18.6 Å². The van der Waals surface area contributed by atoms with Crippen molar-refractivity contribution in [1.82, 2.24) is 0 Å². The maximum absolute atomic E-state index is 12.2. The molecule has 0 aromatic carbocycles. The van der Waals surface area contributed by atoms with Crippen molar-refractivity contribution in [3.8, 4) is 0 Å². The molecule has 0 aliphatic heterocycles. The van der Waals surface area contributed by atoms with Gasteiger partial charge in [0, 0.05) is 12.8 Å². The molecule has 3 N–H and O–H groups in total. The fourth-order valence-electron chi connectivity index (χ4n) is 2.81. The Morgan fingerprint density at radius 2 is 1.30 bits per heavy atom. The summed E-state index contributed by atoms with van der Waals surface area (Å²) in [6, 6.07) is 0. The number of ether oxygens (including phenoxy) is 2. The summed E-state index contributed by atoms with van der Waals surface area (Å²) < 4.78 is 31.8. The highest BCUT2D eigenvalue weighted by Gasteiger charge is 2.27. The molecule has 1 unspecified atom stereocenters. The van der Waals surface area contributed by atoms with Crippen molar-refractivity contribution in [2.45, 2.75) is 103 Å². The first-order chi connectivity index (χ1) is 15.7. The van der Waals surface area contributed by atoms with Crippen molar-refractivity contribution in [1.29, 1.82) is 0 Å². The van der Waals surface area contributed by atoms with E-state index in [1.165, 1.54) is 19.3 Å². The Balaban J connectivity index is 4.56. The van der Waals surface area contributed by atoms with Gasteiger partial charge in [-0.05, 0) is 12.8 Å². The van der Waals surface area contributed by atoms with Gasteiger partial charge in [-0.2, -0.15) is 0 Å². The molecular formula is C22H43O10P. The van der Waals surface area contributed by atoms with E-state index < -0.39 is 51.8 Å². The summed E-state index contributed by atoms with van der Waals surface area (Å²) in [6.45, 7) is 2.06. The molecular weight excluding hydrogens is 455 g/mol. The zero-order chi connectivity index (χ0) is 25.0. The van der Waals surface area contributed by atoms with E-state index in [0.29, 0.717) is 12.8 Å². The van der Waals surface area contributed by atoms with Gasteiger partial charge < -0.3 is 24.6 Å². The summed E-state index contributed by atoms with van der Waals surface area (Å²) in [5.74, 6) is -0.963. The maximum Gasteiger partial charge on any atom is 0.472 e. The standard InChI is InChI=1S/C22H43O10P/c1-3-5-7-8-9-10-12-14-22(26)32-20(17-29-21(25)13-11-6-4-2)18-31-33(27,28)30-16-19(24)15-23/h19-20,23-24H,3-18H2,1-2H3,(H,27,28)/t19-,20+/m1/s1. The fraction of sp³-hybridized carbons (Fsp3) is 0.909. The van der Waals surface area contributed by atoms with Crippen molar-refractivity contribution >= 4 is 19.8 Å². The van der Waals surface area contributed by atoms with Gasteiger partial charge >= 0.3 is 19.8 Å². The normalized spacial score (nSPS) is 14.9. The zero-order valence-corrected chi connectivity index (χ0v) is 21.0. The fourth-order valence-corrected chi connectivity index (χ4v) is 3.60. The molecule has 0 aromatic rings. The molecule has 0 aliphatic carbocycles. The molecule has 3 atom stereocenters. The number of hydrogen-bond acceptors (Lipinski definition) is 9. The third-order valence-corrected chi connectivity index (χ3v) is 5.71. The quantitative estimate of drug-likeness (QED) is 0.115. The average molecular weight is 499 g/mol. The minimum absolute atomic E-state index is 0.185. The van der Waals surface area contributed by atoms with Crippen LogP contribution in [0.5, 0.6) is 0 Å². The number of phosphoric ester groups is 1. The topological polar surface area (TPSA) is 149 Å². The lowest BCUT2D eigenvalue weighted by Crippen LogP contribution is -2.29. The van der Waals surface area contributed by atoms with E-state index in [4.69, 9.17) is 19.1 Å². The smallest absolute Gasteiger partial charge is 0.462 e. The van der Waals surface area contributed by atoms with Crippen LogP contribution in [0, 0.1) is 0 Å². The van der Waals surface area contributed by atoms with E-state index in [-0.39, 0.29) is 19.4 Å². The highest BCUT2D eigenvalue weighted by Crippen LogP contribution is 2.43. The van der Waals surface area contributed by atoms with Gasteiger partial charge in [0.25, 0.3) is 0 Å². The first-order valence-electron chi connectivity index (χ1n) is 12.0. The molecule has 0 saturated carbocycles. The van der Waals surface area contributed by atoms with Gasteiger partial charge in [-0.25, -0.2) is 4.57 Å². The Bertz CT molecular complexity index is 557. The molecule has 0 spiro atoms. The Hall–Kier alpha value is -1.03. The number of unbranched alkanes of at least 4 members (excludes halogenated alkanes) is 8. The van der Waals surface area contributed by atoms with Gasteiger partial charge in [0.05, 0.1) is 19.8 Å². The number of hydrogen-bond donors (Lipinski definition) is 3. The van der Waals surface area contributed by atoms with Crippen molar-refractivity contribution in [2.24, 2.45) is 0 Å². The van der Waals surface area contributed by atoms with Crippen LogP contribution >= 0.6 is 7.82 Å². The van der Waals surface area contributed by atoms with Crippen molar-refractivity contribution < 1.29 is 47.8 Å². The summed E-state index contributed by atoms with van der Waals surface area (Å²) in [5.41, 5.74) is 0. The predicted molar refractivity (Wildman–Crippen MR) is 122 cm³/mol. The lowest BCUT2D eigenvalue weighted by molar-refractivity contribution is -0.161. The SMILES string of the molecule is CCCCCCCCCC(=O)O[C@@H](COC(=O)CCCCC)COP(=O)(O)OC[C@H](O)CO. The number of esters is 2. The molecule has 33 heavy (non-hydrogen) atoms. The Morgan fingerprint density at radius 1 is 0.788 bits per heavy atom. The predicted octanol–water partition coefficient (Wildman–Crippen LogP) is 3.65. The second kappa shape index (κ2) is 20.4. The lowest BCUT2D eigenvalue weighted by Gasteiger charge is -2.20. The van der Waals surface area contributed by atoms with Crippen LogP contribution in [0.1, 0.15) is 90.9 Å². The average Bonchev–Trinajstić information content (AvgIpc) is 2.78. The molecule has 0 heterocycles. The number of phosphoric acid groups is 1. The van der Waals surface area contributed by atoms with Crippen LogP contribution in [0.15, 0.2) is 0 Å². The molecule has 0 bridgehead atoms. The highest BCUT2D eigenvalue weighted by atomic mass is 31.2. The minimum atomic E-state index is -4.57. The van der Waals surface area contributed by atoms with Crippen LogP contribution < -0.4 is 0 Å². The summed E-state index contributed by atoms with van der Waals surface area (Å²) in [4.78, 5) is 33.7. The first kappa shape index (κ1) is 32.0. The van der Waals surface area contributed by atoms with Crippen LogP contribution in [0.2, 0.25) is 0 Å². The lowest BCUT2D eigenvalue weighted by atomic mass is 10.1. The molecule has 0 amide bonds. The van der Waals surface area contributed by atoms with Crippen LogP contribution in [-0.4, -0.2) is 65.7 Å². The summed E-state index contributed by atoms with van der Waals surface area (Å²) >= 11 is 0. The van der Waals surface area contributed by atoms with Gasteiger partial charge in [-0.15, -0.1) is 0 Å². The molecule has 0 aromatic heterocycles. The molecule has 0 radical (unpaired) electrons. The van der Waals surface area contributed by atoms with Gasteiger partial charge in [0.2, 0.25) is 0 Å².